The lowest BCUT2D eigenvalue weighted by Crippen LogP contribution is -2.40. The molecule has 7 nitrogen and oxygen atoms in total. The highest BCUT2D eigenvalue weighted by Gasteiger charge is 2.35. The number of benzene rings is 1. The number of rotatable bonds is 5. The molecule has 4 N–H and O–H groups in total. The number of hydrogen-bond acceptors (Lipinski definition) is 5. The lowest BCUT2D eigenvalue weighted by molar-refractivity contribution is 0.0936. The molecule has 1 saturated carbocycles. The molecule has 1 amide bonds. The quantitative estimate of drug-likeness (QED) is 0.590. The number of nitrogens with two attached hydrogens (primary N) is 1. The van der Waals surface area contributed by atoms with E-state index in [0.29, 0.717) is 18.0 Å². The summed E-state index contributed by atoms with van der Waals surface area (Å²) >= 11 is 0. The number of nitrogens with zero attached hydrogens (tertiary/aromatic N) is 3. The molecule has 162 valence electrons. The number of aromatic nitrogens is 3. The SMILES string of the molecule is Cc1cccc2[nH]c(-c3cncc(C(=O)NC(C)C4CC4)c3N3CC[C@](C)(N)C3)nc12. The largest absolute Gasteiger partial charge is 0.368 e. The maximum absolute atomic E-state index is 13.3. The third kappa shape index (κ3) is 3.78. The Hall–Kier alpha value is -2.93. The number of para-hydroxylation sites is 1. The molecular weight excluding hydrogens is 388 g/mol. The number of imidazole rings is 1. The Kier molecular flexibility index (Phi) is 4.73. The van der Waals surface area contributed by atoms with Crippen LogP contribution in [0.2, 0.25) is 0 Å². The Balaban J connectivity index is 1.61. The van der Waals surface area contributed by atoms with E-state index < -0.39 is 0 Å². The van der Waals surface area contributed by atoms with Crippen LogP contribution in [-0.2, 0) is 0 Å². The minimum absolute atomic E-state index is 0.0818. The van der Waals surface area contributed by atoms with Gasteiger partial charge in [0.2, 0.25) is 0 Å². The van der Waals surface area contributed by atoms with Crippen molar-refractivity contribution in [3.05, 3.63) is 41.7 Å². The van der Waals surface area contributed by atoms with Gasteiger partial charge < -0.3 is 20.9 Å². The highest BCUT2D eigenvalue weighted by Crippen LogP contribution is 2.37. The molecule has 1 unspecified atom stereocenters. The standard InChI is InChI=1S/C24H30N6O/c1-14-5-4-6-19-20(14)29-22(28-19)17-11-26-12-18(23(31)27-15(2)16-7-8-16)21(17)30-10-9-24(3,25)13-30/h4-6,11-12,15-16H,7-10,13,25H2,1-3H3,(H,27,31)(H,28,29)/t15?,24-/m0/s1. The summed E-state index contributed by atoms with van der Waals surface area (Å²) in [5.74, 6) is 1.23. The van der Waals surface area contributed by atoms with E-state index in [-0.39, 0.29) is 17.5 Å². The fourth-order valence-electron chi connectivity index (χ4n) is 4.61. The number of anilines is 1. The van der Waals surface area contributed by atoms with Gasteiger partial charge in [-0.25, -0.2) is 4.98 Å². The number of nitrogens with one attached hydrogen (secondary N) is 2. The monoisotopic (exact) mass is 418 g/mol. The molecule has 5 rings (SSSR count). The number of fused-ring (bicyclic) bond motifs is 1. The van der Waals surface area contributed by atoms with E-state index in [9.17, 15) is 4.79 Å². The molecule has 1 aromatic carbocycles. The second-order valence-electron chi connectivity index (χ2n) is 9.56. The average molecular weight is 419 g/mol. The van der Waals surface area contributed by atoms with Gasteiger partial charge in [0.1, 0.15) is 5.82 Å². The third-order valence-electron chi connectivity index (χ3n) is 6.64. The maximum atomic E-state index is 13.3. The summed E-state index contributed by atoms with van der Waals surface area (Å²) in [6, 6.07) is 6.25. The van der Waals surface area contributed by atoms with Crippen LogP contribution in [0.15, 0.2) is 30.6 Å². The fraction of sp³-hybridized carbons (Fsp3) is 0.458. The molecule has 2 aromatic heterocycles. The first-order chi connectivity index (χ1) is 14.8. The number of carbonyl (C=O) groups excluding carboxylic acids is 1. The second-order valence-corrected chi connectivity index (χ2v) is 9.56. The van der Waals surface area contributed by atoms with E-state index >= 15 is 0 Å². The first-order valence-electron chi connectivity index (χ1n) is 11.1. The molecule has 2 atom stereocenters. The van der Waals surface area contributed by atoms with Gasteiger partial charge >= 0.3 is 0 Å². The van der Waals surface area contributed by atoms with E-state index in [0.717, 1.165) is 46.6 Å². The molecule has 1 aliphatic heterocycles. The summed E-state index contributed by atoms with van der Waals surface area (Å²) in [4.78, 5) is 28.2. The van der Waals surface area contributed by atoms with Crippen molar-refractivity contribution in [2.24, 2.45) is 11.7 Å². The molecule has 7 heteroatoms. The van der Waals surface area contributed by atoms with Crippen molar-refractivity contribution in [2.45, 2.75) is 51.6 Å². The molecule has 1 aliphatic carbocycles. The first kappa shape index (κ1) is 20.0. The Morgan fingerprint density at radius 3 is 2.84 bits per heavy atom. The normalized spacial score (nSPS) is 22.1. The summed E-state index contributed by atoms with van der Waals surface area (Å²) < 4.78 is 0. The van der Waals surface area contributed by atoms with Crippen molar-refractivity contribution in [2.75, 3.05) is 18.0 Å². The smallest absolute Gasteiger partial charge is 0.255 e. The van der Waals surface area contributed by atoms with Gasteiger partial charge in [-0.15, -0.1) is 0 Å². The van der Waals surface area contributed by atoms with Crippen LogP contribution in [0.1, 0.15) is 49.0 Å². The molecule has 31 heavy (non-hydrogen) atoms. The van der Waals surface area contributed by atoms with Crippen LogP contribution in [-0.4, -0.2) is 45.5 Å². The number of pyridine rings is 1. The van der Waals surface area contributed by atoms with Crippen LogP contribution in [0.25, 0.3) is 22.4 Å². The number of H-pyrrole nitrogens is 1. The highest BCUT2D eigenvalue weighted by molar-refractivity contribution is 6.03. The van der Waals surface area contributed by atoms with Gasteiger partial charge in [0.05, 0.1) is 27.8 Å². The number of hydrogen-bond donors (Lipinski definition) is 3. The minimum Gasteiger partial charge on any atom is -0.368 e. The van der Waals surface area contributed by atoms with Gasteiger partial charge in [-0.3, -0.25) is 9.78 Å². The average Bonchev–Trinajstić information content (AvgIpc) is 3.40. The van der Waals surface area contributed by atoms with Crippen molar-refractivity contribution in [1.82, 2.24) is 20.3 Å². The molecule has 0 bridgehead atoms. The number of amides is 1. The predicted molar refractivity (Wildman–Crippen MR) is 123 cm³/mol. The number of aromatic amines is 1. The molecule has 2 fully saturated rings. The van der Waals surface area contributed by atoms with Gasteiger partial charge in [-0.05, 0) is 57.6 Å². The van der Waals surface area contributed by atoms with E-state index in [1.165, 1.54) is 12.8 Å². The van der Waals surface area contributed by atoms with Gasteiger partial charge in [0.15, 0.2) is 0 Å². The zero-order chi connectivity index (χ0) is 21.8. The van der Waals surface area contributed by atoms with Gasteiger partial charge in [-0.2, -0.15) is 0 Å². The Morgan fingerprint density at radius 2 is 2.16 bits per heavy atom. The number of carbonyl (C=O) groups is 1. The van der Waals surface area contributed by atoms with Gasteiger partial charge in [0, 0.05) is 37.1 Å². The van der Waals surface area contributed by atoms with Crippen molar-refractivity contribution >= 4 is 22.6 Å². The summed E-state index contributed by atoms with van der Waals surface area (Å²) in [7, 11) is 0. The van der Waals surface area contributed by atoms with E-state index in [4.69, 9.17) is 10.7 Å². The maximum Gasteiger partial charge on any atom is 0.255 e. The van der Waals surface area contributed by atoms with Crippen molar-refractivity contribution in [3.8, 4) is 11.4 Å². The van der Waals surface area contributed by atoms with Crippen molar-refractivity contribution < 1.29 is 4.79 Å². The molecular formula is C24H30N6O. The van der Waals surface area contributed by atoms with E-state index in [1.54, 1.807) is 12.4 Å². The van der Waals surface area contributed by atoms with Crippen LogP contribution in [0.5, 0.6) is 0 Å². The first-order valence-corrected chi connectivity index (χ1v) is 11.1. The van der Waals surface area contributed by atoms with Crippen molar-refractivity contribution in [3.63, 3.8) is 0 Å². The topological polar surface area (TPSA) is 99.9 Å². The minimum atomic E-state index is -0.292. The fourth-order valence-corrected chi connectivity index (χ4v) is 4.61. The summed E-state index contributed by atoms with van der Waals surface area (Å²) in [6.07, 6.45) is 6.71. The second kappa shape index (κ2) is 7.34. The molecule has 2 aliphatic rings. The number of aryl methyl sites for hydroxylation is 1. The van der Waals surface area contributed by atoms with E-state index in [2.05, 4.69) is 47.0 Å². The Labute approximate surface area is 182 Å². The summed E-state index contributed by atoms with van der Waals surface area (Å²) in [6.45, 7) is 7.67. The van der Waals surface area contributed by atoms with Crippen LogP contribution in [0.4, 0.5) is 5.69 Å². The molecule has 3 aromatic rings. The van der Waals surface area contributed by atoms with Crippen LogP contribution in [0, 0.1) is 12.8 Å². The van der Waals surface area contributed by atoms with Gasteiger partial charge in [-0.1, -0.05) is 12.1 Å². The Bertz CT molecular complexity index is 1150. The van der Waals surface area contributed by atoms with Crippen LogP contribution in [0.3, 0.4) is 0 Å². The van der Waals surface area contributed by atoms with Crippen LogP contribution >= 0.6 is 0 Å². The van der Waals surface area contributed by atoms with Crippen molar-refractivity contribution in [1.29, 1.82) is 0 Å². The lowest BCUT2D eigenvalue weighted by Gasteiger charge is -2.26. The lowest BCUT2D eigenvalue weighted by atomic mass is 10.0. The summed E-state index contributed by atoms with van der Waals surface area (Å²) in [5, 5.41) is 3.19. The summed E-state index contributed by atoms with van der Waals surface area (Å²) in [5.41, 5.74) is 11.5. The molecule has 0 spiro atoms. The third-order valence-corrected chi connectivity index (χ3v) is 6.64. The van der Waals surface area contributed by atoms with E-state index in [1.807, 2.05) is 12.1 Å². The predicted octanol–water partition coefficient (Wildman–Crippen LogP) is 3.39. The molecule has 0 radical (unpaired) electrons. The zero-order valence-corrected chi connectivity index (χ0v) is 18.4. The van der Waals surface area contributed by atoms with Gasteiger partial charge in [0.25, 0.3) is 5.91 Å². The van der Waals surface area contributed by atoms with Crippen LogP contribution < -0.4 is 16.0 Å². The highest BCUT2D eigenvalue weighted by atomic mass is 16.1. The zero-order valence-electron chi connectivity index (χ0n) is 18.4. The Morgan fingerprint density at radius 1 is 1.35 bits per heavy atom. The molecule has 3 heterocycles. The molecule has 1 saturated heterocycles.